The van der Waals surface area contributed by atoms with E-state index in [-0.39, 0.29) is 34.3 Å². The first-order valence-corrected chi connectivity index (χ1v) is 9.23. The maximum atomic E-state index is 12.6. The van der Waals surface area contributed by atoms with Gasteiger partial charge in [-0.15, -0.1) is 0 Å². The third-order valence-electron chi connectivity index (χ3n) is 3.69. The summed E-state index contributed by atoms with van der Waals surface area (Å²) in [5, 5.41) is 7.48. The van der Waals surface area contributed by atoms with Crippen LogP contribution in [0.4, 0.5) is 5.88 Å². The minimum atomic E-state index is -0.689. The van der Waals surface area contributed by atoms with E-state index >= 15 is 0 Å². The number of benzene rings is 2. The molecule has 28 heavy (non-hydrogen) atoms. The number of carbonyl (C=O) groups excluding carboxylic acids is 2. The zero-order valence-corrected chi connectivity index (χ0v) is 16.7. The Morgan fingerprint density at radius 3 is 2.39 bits per heavy atom. The lowest BCUT2D eigenvalue weighted by atomic mass is 10.1. The van der Waals surface area contributed by atoms with E-state index < -0.39 is 11.9 Å². The van der Waals surface area contributed by atoms with Crippen LogP contribution in [0.5, 0.6) is 0 Å². The van der Waals surface area contributed by atoms with Gasteiger partial charge in [0.05, 0.1) is 17.2 Å². The molecular formula is C19H13Cl3N2O4. The minimum Gasteiger partial charge on any atom is -0.462 e. The molecule has 1 aromatic heterocycles. The van der Waals surface area contributed by atoms with Crippen molar-refractivity contribution in [3.05, 3.63) is 68.7 Å². The van der Waals surface area contributed by atoms with Gasteiger partial charge >= 0.3 is 5.97 Å². The number of aromatic nitrogens is 1. The van der Waals surface area contributed by atoms with Crippen LogP contribution in [0.1, 0.15) is 27.6 Å². The number of rotatable bonds is 5. The number of nitrogens with one attached hydrogen (secondary N) is 1. The lowest BCUT2D eigenvalue weighted by Gasteiger charge is -2.07. The molecule has 0 radical (unpaired) electrons. The van der Waals surface area contributed by atoms with Crippen molar-refractivity contribution in [3.63, 3.8) is 0 Å². The summed E-state index contributed by atoms with van der Waals surface area (Å²) in [4.78, 5) is 25.0. The molecule has 1 heterocycles. The molecule has 0 atom stereocenters. The van der Waals surface area contributed by atoms with Gasteiger partial charge < -0.3 is 9.26 Å². The van der Waals surface area contributed by atoms with Gasteiger partial charge in [-0.25, -0.2) is 4.79 Å². The highest BCUT2D eigenvalue weighted by atomic mass is 35.5. The summed E-state index contributed by atoms with van der Waals surface area (Å²) in [5.41, 5.74) is 0.932. The third-order valence-corrected chi connectivity index (χ3v) is 4.49. The number of amides is 1. The third kappa shape index (κ3) is 4.30. The molecule has 0 fully saturated rings. The second-order valence-corrected chi connectivity index (χ2v) is 6.82. The second-order valence-electron chi connectivity index (χ2n) is 5.54. The fourth-order valence-electron chi connectivity index (χ4n) is 2.42. The van der Waals surface area contributed by atoms with Gasteiger partial charge in [0.25, 0.3) is 5.91 Å². The van der Waals surface area contributed by atoms with E-state index in [1.165, 1.54) is 18.2 Å². The van der Waals surface area contributed by atoms with Crippen LogP contribution in [0.2, 0.25) is 15.1 Å². The molecular weight excluding hydrogens is 427 g/mol. The lowest BCUT2D eigenvalue weighted by Crippen LogP contribution is -2.15. The van der Waals surface area contributed by atoms with E-state index in [9.17, 15) is 9.59 Å². The van der Waals surface area contributed by atoms with Gasteiger partial charge in [-0.3, -0.25) is 10.1 Å². The van der Waals surface area contributed by atoms with E-state index in [1.807, 2.05) is 0 Å². The van der Waals surface area contributed by atoms with Crippen molar-refractivity contribution in [1.29, 1.82) is 0 Å². The number of hydrogen-bond donors (Lipinski definition) is 1. The van der Waals surface area contributed by atoms with Crippen LogP contribution in [0.25, 0.3) is 11.3 Å². The molecule has 0 aliphatic rings. The fourth-order valence-corrected chi connectivity index (χ4v) is 3.04. The SMILES string of the molecule is CCOC(=O)c1c(-c2ccc(Cl)cc2)noc1NC(=O)c1ccc(Cl)cc1Cl. The molecule has 1 N–H and O–H groups in total. The molecule has 0 spiro atoms. The first-order valence-electron chi connectivity index (χ1n) is 8.09. The highest BCUT2D eigenvalue weighted by Crippen LogP contribution is 2.31. The van der Waals surface area contributed by atoms with E-state index in [4.69, 9.17) is 44.1 Å². The Bertz CT molecular complexity index is 1030. The highest BCUT2D eigenvalue weighted by Gasteiger charge is 2.27. The summed E-state index contributed by atoms with van der Waals surface area (Å²) in [7, 11) is 0. The molecule has 0 bridgehead atoms. The van der Waals surface area contributed by atoms with E-state index in [0.29, 0.717) is 15.6 Å². The van der Waals surface area contributed by atoms with Crippen LogP contribution in [0.15, 0.2) is 47.0 Å². The van der Waals surface area contributed by atoms with Gasteiger partial charge in [-0.2, -0.15) is 0 Å². The zero-order valence-electron chi connectivity index (χ0n) is 14.5. The smallest absolute Gasteiger partial charge is 0.346 e. The van der Waals surface area contributed by atoms with Gasteiger partial charge in [-0.1, -0.05) is 52.1 Å². The maximum Gasteiger partial charge on any atom is 0.346 e. The number of halogens is 3. The fraction of sp³-hybridized carbons (Fsp3) is 0.105. The van der Waals surface area contributed by atoms with Gasteiger partial charge in [0.1, 0.15) is 5.69 Å². The van der Waals surface area contributed by atoms with Crippen molar-refractivity contribution in [2.24, 2.45) is 0 Å². The molecule has 9 heteroatoms. The van der Waals surface area contributed by atoms with Crippen molar-refractivity contribution in [3.8, 4) is 11.3 Å². The predicted octanol–water partition coefficient (Wildman–Crippen LogP) is 5.73. The van der Waals surface area contributed by atoms with Crippen molar-refractivity contribution < 1.29 is 18.8 Å². The summed E-state index contributed by atoms with van der Waals surface area (Å²) < 4.78 is 10.3. The first kappa shape index (κ1) is 20.2. The maximum absolute atomic E-state index is 12.6. The van der Waals surface area contributed by atoms with Gasteiger partial charge in [0.15, 0.2) is 5.56 Å². The molecule has 0 aliphatic heterocycles. The van der Waals surface area contributed by atoms with Gasteiger partial charge in [0.2, 0.25) is 5.88 Å². The zero-order chi connectivity index (χ0) is 20.3. The summed E-state index contributed by atoms with van der Waals surface area (Å²) >= 11 is 17.8. The van der Waals surface area contributed by atoms with Crippen molar-refractivity contribution in [2.75, 3.05) is 11.9 Å². The Morgan fingerprint density at radius 2 is 1.75 bits per heavy atom. The van der Waals surface area contributed by atoms with Gasteiger partial charge in [0, 0.05) is 15.6 Å². The average molecular weight is 440 g/mol. The minimum absolute atomic E-state index is 0.0115. The number of ether oxygens (including phenoxy) is 1. The van der Waals surface area contributed by atoms with Gasteiger partial charge in [-0.05, 0) is 37.3 Å². The normalized spacial score (nSPS) is 10.6. The summed E-state index contributed by atoms with van der Waals surface area (Å²) in [6.07, 6.45) is 0. The number of esters is 1. The Kier molecular flexibility index (Phi) is 6.24. The molecule has 2 aromatic carbocycles. The monoisotopic (exact) mass is 438 g/mol. The molecule has 144 valence electrons. The molecule has 0 saturated carbocycles. The molecule has 1 amide bonds. The summed E-state index contributed by atoms with van der Waals surface area (Å²) in [6.45, 7) is 1.81. The van der Waals surface area contributed by atoms with Crippen molar-refractivity contribution in [1.82, 2.24) is 5.16 Å². The van der Waals surface area contributed by atoms with E-state index in [0.717, 1.165) is 0 Å². The lowest BCUT2D eigenvalue weighted by molar-refractivity contribution is 0.0528. The van der Waals surface area contributed by atoms with Crippen LogP contribution in [0, 0.1) is 0 Å². The molecule has 0 saturated heterocycles. The van der Waals surface area contributed by atoms with Crippen molar-refractivity contribution in [2.45, 2.75) is 6.92 Å². The number of carbonyl (C=O) groups is 2. The summed E-state index contributed by atoms with van der Waals surface area (Å²) in [5.74, 6) is -1.43. The Balaban J connectivity index is 1.99. The highest BCUT2D eigenvalue weighted by molar-refractivity contribution is 6.37. The number of anilines is 1. The molecule has 0 aliphatic carbocycles. The van der Waals surface area contributed by atoms with Crippen molar-refractivity contribution >= 4 is 52.6 Å². The molecule has 0 unspecified atom stereocenters. The molecule has 6 nitrogen and oxygen atoms in total. The Hall–Kier alpha value is -2.54. The van der Waals surface area contributed by atoms with Crippen LogP contribution in [-0.2, 0) is 4.74 Å². The molecule has 3 rings (SSSR count). The van der Waals surface area contributed by atoms with Crippen LogP contribution >= 0.6 is 34.8 Å². The quantitative estimate of drug-likeness (QED) is 0.513. The average Bonchev–Trinajstić information content (AvgIpc) is 3.06. The Morgan fingerprint density at radius 1 is 1.07 bits per heavy atom. The van der Waals surface area contributed by atoms with E-state index in [2.05, 4.69) is 10.5 Å². The largest absolute Gasteiger partial charge is 0.462 e. The van der Waals surface area contributed by atoms with Crippen LogP contribution in [-0.4, -0.2) is 23.6 Å². The summed E-state index contributed by atoms with van der Waals surface area (Å²) in [6, 6.07) is 11.0. The van der Waals surface area contributed by atoms with E-state index in [1.54, 1.807) is 31.2 Å². The van der Waals surface area contributed by atoms with Crippen LogP contribution < -0.4 is 5.32 Å². The topological polar surface area (TPSA) is 81.4 Å². The first-order chi connectivity index (χ1) is 13.4. The standard InChI is InChI=1S/C19H13Cl3N2O4/c1-2-27-19(26)15-16(10-3-5-11(20)6-4-10)24-28-18(15)23-17(25)13-8-7-12(21)9-14(13)22/h3-9H,2H2,1H3,(H,23,25). The number of nitrogens with zero attached hydrogens (tertiary/aromatic N) is 1. The molecule has 3 aromatic rings. The number of hydrogen-bond acceptors (Lipinski definition) is 5. The second kappa shape index (κ2) is 8.65. The Labute approximate surface area is 175 Å². The predicted molar refractivity (Wildman–Crippen MR) is 107 cm³/mol. The van der Waals surface area contributed by atoms with Crippen LogP contribution in [0.3, 0.4) is 0 Å².